The maximum atomic E-state index is 12.8. The predicted octanol–water partition coefficient (Wildman–Crippen LogP) is 0.944. The highest BCUT2D eigenvalue weighted by molar-refractivity contribution is 5.94. The molecule has 3 heterocycles. The number of rotatable bonds is 3. The van der Waals surface area contributed by atoms with E-state index in [1.807, 2.05) is 11.8 Å². The van der Waals surface area contributed by atoms with Crippen LogP contribution in [0.2, 0.25) is 0 Å². The van der Waals surface area contributed by atoms with Crippen molar-refractivity contribution < 1.29 is 9.59 Å². The first-order chi connectivity index (χ1) is 12.6. The molecule has 0 atom stereocenters. The molecule has 0 N–H and O–H groups in total. The third-order valence-corrected chi connectivity index (χ3v) is 5.95. The molecule has 7 heteroatoms. The first kappa shape index (κ1) is 17.4. The molecule has 0 radical (unpaired) electrons. The Morgan fingerprint density at radius 2 is 1.77 bits per heavy atom. The summed E-state index contributed by atoms with van der Waals surface area (Å²) in [6, 6.07) is 0.748. The van der Waals surface area contributed by atoms with Crippen molar-refractivity contribution in [3.8, 4) is 0 Å². The fourth-order valence-electron chi connectivity index (χ4n) is 4.00. The lowest BCUT2D eigenvalue weighted by molar-refractivity contribution is -0.139. The molecule has 3 fully saturated rings. The lowest BCUT2D eigenvalue weighted by atomic mass is 9.91. The number of amides is 2. The van der Waals surface area contributed by atoms with Crippen LogP contribution in [0.1, 0.15) is 41.9 Å². The Labute approximate surface area is 154 Å². The number of aryl methyl sites for hydroxylation is 1. The molecule has 0 unspecified atom stereocenters. The molecule has 3 aliphatic rings. The van der Waals surface area contributed by atoms with Gasteiger partial charge in [0.15, 0.2) is 0 Å². The molecule has 1 aromatic rings. The van der Waals surface area contributed by atoms with Gasteiger partial charge in [0.2, 0.25) is 5.91 Å². The summed E-state index contributed by atoms with van der Waals surface area (Å²) < 4.78 is 0. The van der Waals surface area contributed by atoms with Crippen LogP contribution in [-0.2, 0) is 4.79 Å². The van der Waals surface area contributed by atoms with Crippen molar-refractivity contribution in [2.24, 2.45) is 5.92 Å². The average molecular weight is 357 g/mol. The van der Waals surface area contributed by atoms with Crippen molar-refractivity contribution >= 4 is 11.8 Å². The highest BCUT2D eigenvalue weighted by Gasteiger charge is 2.39. The molecular weight excluding hydrogens is 330 g/mol. The van der Waals surface area contributed by atoms with Gasteiger partial charge in [-0.25, -0.2) is 4.98 Å². The summed E-state index contributed by atoms with van der Waals surface area (Å²) in [5, 5.41) is 0. The minimum atomic E-state index is -0.131. The summed E-state index contributed by atoms with van der Waals surface area (Å²) >= 11 is 0. The first-order valence-corrected chi connectivity index (χ1v) is 9.72. The quantitative estimate of drug-likeness (QED) is 0.805. The molecule has 0 aromatic carbocycles. The van der Waals surface area contributed by atoms with Gasteiger partial charge in [-0.15, -0.1) is 0 Å². The van der Waals surface area contributed by atoms with Crippen LogP contribution < -0.4 is 0 Å². The fraction of sp³-hybridized carbons (Fsp3) is 0.684. The van der Waals surface area contributed by atoms with Crippen molar-refractivity contribution in [1.29, 1.82) is 0 Å². The van der Waals surface area contributed by atoms with Crippen molar-refractivity contribution in [2.45, 2.75) is 38.6 Å². The maximum absolute atomic E-state index is 12.8. The molecular formula is C19H27N5O2. The van der Waals surface area contributed by atoms with Gasteiger partial charge >= 0.3 is 0 Å². The summed E-state index contributed by atoms with van der Waals surface area (Å²) in [5.74, 6) is 0.0145. The number of nitrogens with zero attached hydrogens (tertiary/aromatic N) is 5. The predicted molar refractivity (Wildman–Crippen MR) is 96.6 cm³/mol. The summed E-state index contributed by atoms with van der Waals surface area (Å²) in [6.07, 6.45) is 8.14. The largest absolute Gasteiger partial charge is 0.341 e. The number of hydrogen-bond donors (Lipinski definition) is 0. The second-order valence-corrected chi connectivity index (χ2v) is 7.75. The van der Waals surface area contributed by atoms with Crippen LogP contribution in [-0.4, -0.2) is 81.8 Å². The first-order valence-electron chi connectivity index (χ1n) is 9.72. The second kappa shape index (κ2) is 7.31. The van der Waals surface area contributed by atoms with Crippen LogP contribution in [0.3, 0.4) is 0 Å². The minimum absolute atomic E-state index is 0.0624. The van der Waals surface area contributed by atoms with E-state index in [-0.39, 0.29) is 17.7 Å². The Hall–Kier alpha value is -2.02. The lowest BCUT2D eigenvalue weighted by Gasteiger charge is -2.40. The van der Waals surface area contributed by atoms with Gasteiger partial charge in [-0.3, -0.25) is 19.5 Å². The molecule has 1 aromatic heterocycles. The van der Waals surface area contributed by atoms with Gasteiger partial charge < -0.3 is 9.80 Å². The van der Waals surface area contributed by atoms with Gasteiger partial charge in [-0.2, -0.15) is 0 Å². The number of aromatic nitrogens is 2. The van der Waals surface area contributed by atoms with E-state index in [1.165, 1.54) is 25.5 Å². The molecule has 140 valence electrons. The summed E-state index contributed by atoms with van der Waals surface area (Å²) in [5.41, 5.74) is 1.14. The second-order valence-electron chi connectivity index (χ2n) is 7.75. The highest BCUT2D eigenvalue weighted by Crippen LogP contribution is 2.26. The van der Waals surface area contributed by atoms with Crippen LogP contribution in [0.15, 0.2) is 12.4 Å². The number of hydrogen-bond acceptors (Lipinski definition) is 5. The van der Waals surface area contributed by atoms with Crippen LogP contribution in [0.5, 0.6) is 0 Å². The van der Waals surface area contributed by atoms with E-state index in [0.29, 0.717) is 18.8 Å². The standard InChI is InChI=1S/C19H27N5O2/c1-14-10-21-17(11-20-14)19(26)24-12-15(13-24)18(25)23-7-3-6-22(8-9-23)16-4-2-5-16/h10-11,15-16H,2-9,12-13H2,1H3. The van der Waals surface area contributed by atoms with Gasteiger partial charge in [0.25, 0.3) is 5.91 Å². The molecule has 0 bridgehead atoms. The molecule has 1 saturated carbocycles. The normalized spacial score (nSPS) is 22.5. The molecule has 0 spiro atoms. The van der Waals surface area contributed by atoms with Gasteiger partial charge in [0.1, 0.15) is 5.69 Å². The minimum Gasteiger partial charge on any atom is -0.341 e. The number of carbonyl (C=O) groups excluding carboxylic acids is 2. The Bertz CT molecular complexity index is 667. The molecule has 2 amide bonds. The molecule has 26 heavy (non-hydrogen) atoms. The molecule has 1 aliphatic carbocycles. The number of likely N-dealkylation sites (tertiary alicyclic amines) is 1. The summed E-state index contributed by atoms with van der Waals surface area (Å²) in [6.45, 7) is 6.60. The van der Waals surface area contributed by atoms with Crippen molar-refractivity contribution in [3.63, 3.8) is 0 Å². The smallest absolute Gasteiger partial charge is 0.274 e. The van der Waals surface area contributed by atoms with Crippen LogP contribution in [0.25, 0.3) is 0 Å². The average Bonchev–Trinajstić information content (AvgIpc) is 2.78. The van der Waals surface area contributed by atoms with Gasteiger partial charge in [-0.05, 0) is 26.2 Å². The summed E-state index contributed by atoms with van der Waals surface area (Å²) in [4.78, 5) is 39.7. The van der Waals surface area contributed by atoms with E-state index in [2.05, 4.69) is 14.9 Å². The Kier molecular flexibility index (Phi) is 4.89. The maximum Gasteiger partial charge on any atom is 0.274 e. The van der Waals surface area contributed by atoms with Gasteiger partial charge in [-0.1, -0.05) is 6.42 Å². The topological polar surface area (TPSA) is 69.6 Å². The molecule has 2 saturated heterocycles. The lowest BCUT2D eigenvalue weighted by Crippen LogP contribution is -2.57. The zero-order valence-electron chi connectivity index (χ0n) is 15.4. The zero-order valence-corrected chi connectivity index (χ0v) is 15.4. The Morgan fingerprint density at radius 1 is 0.962 bits per heavy atom. The van der Waals surface area contributed by atoms with Crippen molar-refractivity contribution in [1.82, 2.24) is 24.7 Å². The third-order valence-electron chi connectivity index (χ3n) is 5.95. The van der Waals surface area contributed by atoms with E-state index >= 15 is 0 Å². The van der Waals surface area contributed by atoms with E-state index in [0.717, 1.165) is 44.3 Å². The van der Waals surface area contributed by atoms with E-state index in [1.54, 1.807) is 11.1 Å². The van der Waals surface area contributed by atoms with Crippen molar-refractivity contribution in [3.05, 3.63) is 23.8 Å². The molecule has 2 aliphatic heterocycles. The van der Waals surface area contributed by atoms with Crippen molar-refractivity contribution in [2.75, 3.05) is 39.3 Å². The van der Waals surface area contributed by atoms with Crippen LogP contribution in [0.4, 0.5) is 0 Å². The summed E-state index contributed by atoms with van der Waals surface area (Å²) in [7, 11) is 0. The van der Waals surface area contributed by atoms with Crippen LogP contribution >= 0.6 is 0 Å². The molecule has 7 nitrogen and oxygen atoms in total. The van der Waals surface area contributed by atoms with Crippen LogP contribution in [0, 0.1) is 12.8 Å². The molecule has 4 rings (SSSR count). The Balaban J connectivity index is 1.27. The fourth-order valence-corrected chi connectivity index (χ4v) is 4.00. The van der Waals surface area contributed by atoms with E-state index < -0.39 is 0 Å². The highest BCUT2D eigenvalue weighted by atomic mass is 16.2. The zero-order chi connectivity index (χ0) is 18.1. The van der Waals surface area contributed by atoms with E-state index in [9.17, 15) is 9.59 Å². The van der Waals surface area contributed by atoms with Gasteiger partial charge in [0.05, 0.1) is 17.8 Å². The van der Waals surface area contributed by atoms with E-state index in [4.69, 9.17) is 0 Å². The van der Waals surface area contributed by atoms with Gasteiger partial charge in [0, 0.05) is 51.5 Å². The Morgan fingerprint density at radius 3 is 2.42 bits per heavy atom. The third kappa shape index (κ3) is 3.45. The number of carbonyl (C=O) groups is 2. The monoisotopic (exact) mass is 357 g/mol. The SMILES string of the molecule is Cc1cnc(C(=O)N2CC(C(=O)N3CCCN(C4CCC4)CC3)C2)cn1.